The molecule has 0 atom stereocenters. The van der Waals surface area contributed by atoms with Gasteiger partial charge in [0.25, 0.3) is 0 Å². The maximum absolute atomic E-state index is 5.95. The van der Waals surface area contributed by atoms with Gasteiger partial charge in [0.1, 0.15) is 5.84 Å². The van der Waals surface area contributed by atoms with Gasteiger partial charge in [-0.2, -0.15) is 0 Å². The Bertz CT molecular complexity index is 1060. The lowest BCUT2D eigenvalue weighted by atomic mass is 10.1. The normalized spacial score (nSPS) is 14.2. The molecular weight excluding hydrogens is 426 g/mol. The molecule has 4 rings (SSSR count). The number of amidine groups is 1. The van der Waals surface area contributed by atoms with Crippen molar-refractivity contribution in [1.82, 2.24) is 14.9 Å². The van der Waals surface area contributed by atoms with E-state index in [4.69, 9.17) is 25.8 Å². The third-order valence-electron chi connectivity index (χ3n) is 4.50. The highest BCUT2D eigenvalue weighted by Crippen LogP contribution is 2.41. The van der Waals surface area contributed by atoms with Crippen LogP contribution in [0.15, 0.2) is 46.5 Å². The fourth-order valence-electron chi connectivity index (χ4n) is 3.01. The van der Waals surface area contributed by atoms with E-state index in [9.17, 15) is 0 Å². The van der Waals surface area contributed by atoms with Crippen molar-refractivity contribution < 1.29 is 14.2 Å². The van der Waals surface area contributed by atoms with E-state index >= 15 is 0 Å². The Labute approximate surface area is 183 Å². The van der Waals surface area contributed by atoms with Crippen molar-refractivity contribution in [3.05, 3.63) is 47.0 Å². The third kappa shape index (κ3) is 4.03. The smallest absolute Gasteiger partial charge is 0.211 e. The van der Waals surface area contributed by atoms with E-state index in [0.29, 0.717) is 40.4 Å². The van der Waals surface area contributed by atoms with Crippen molar-refractivity contribution in [2.24, 2.45) is 4.99 Å². The first kappa shape index (κ1) is 20.4. The number of nitrogens with one attached hydrogen (secondary N) is 1. The zero-order valence-corrected chi connectivity index (χ0v) is 18.3. The molecule has 3 aromatic rings. The average Bonchev–Trinajstić information content (AvgIpc) is 3.21. The van der Waals surface area contributed by atoms with E-state index < -0.39 is 0 Å². The van der Waals surface area contributed by atoms with Gasteiger partial charge in [-0.05, 0) is 29.8 Å². The number of aromatic nitrogens is 3. The second-order valence-electron chi connectivity index (χ2n) is 6.35. The molecule has 0 spiro atoms. The van der Waals surface area contributed by atoms with Gasteiger partial charge in [-0.1, -0.05) is 35.5 Å². The summed E-state index contributed by atoms with van der Waals surface area (Å²) in [6.45, 7) is 0.553. The quantitative estimate of drug-likeness (QED) is 0.616. The van der Waals surface area contributed by atoms with Gasteiger partial charge in [0.05, 0.1) is 33.6 Å². The molecule has 0 bridgehead atoms. The van der Waals surface area contributed by atoms with E-state index in [1.807, 2.05) is 41.1 Å². The van der Waals surface area contributed by atoms with Crippen LogP contribution in [0.2, 0.25) is 5.02 Å². The summed E-state index contributed by atoms with van der Waals surface area (Å²) < 4.78 is 18.1. The fourth-order valence-corrected chi connectivity index (χ4v) is 3.92. The second-order valence-corrected chi connectivity index (χ2v) is 7.72. The predicted octanol–water partition coefficient (Wildman–Crippen LogP) is 3.87. The van der Waals surface area contributed by atoms with Gasteiger partial charge in [0.2, 0.25) is 10.9 Å². The molecular formula is C20H20ClN5O3S. The molecule has 0 fully saturated rings. The Morgan fingerprint density at radius 1 is 1.07 bits per heavy atom. The van der Waals surface area contributed by atoms with Gasteiger partial charge in [0, 0.05) is 10.6 Å². The molecule has 1 aromatic heterocycles. The van der Waals surface area contributed by atoms with E-state index in [1.54, 1.807) is 33.1 Å². The van der Waals surface area contributed by atoms with Crippen molar-refractivity contribution in [2.45, 2.75) is 11.7 Å². The first-order chi connectivity index (χ1) is 14.6. The summed E-state index contributed by atoms with van der Waals surface area (Å²) in [5, 5.41) is 10.1. The van der Waals surface area contributed by atoms with E-state index in [1.165, 1.54) is 0 Å². The van der Waals surface area contributed by atoms with Crippen LogP contribution in [0.1, 0.15) is 5.56 Å². The molecule has 1 aliphatic heterocycles. The van der Waals surface area contributed by atoms with E-state index in [-0.39, 0.29) is 0 Å². The van der Waals surface area contributed by atoms with Gasteiger partial charge in [-0.25, -0.2) is 4.68 Å². The van der Waals surface area contributed by atoms with Crippen LogP contribution in [0, 0.1) is 0 Å². The van der Waals surface area contributed by atoms with Crippen LogP contribution in [-0.2, 0) is 6.54 Å². The number of hydrogen-bond acceptors (Lipinski definition) is 7. The summed E-state index contributed by atoms with van der Waals surface area (Å²) in [5.74, 6) is 3.75. The molecule has 0 saturated carbocycles. The highest BCUT2D eigenvalue weighted by molar-refractivity contribution is 7.99. The second kappa shape index (κ2) is 8.85. The minimum Gasteiger partial charge on any atom is -0.493 e. The molecule has 1 N–H and O–H groups in total. The van der Waals surface area contributed by atoms with Crippen LogP contribution >= 0.6 is 23.4 Å². The van der Waals surface area contributed by atoms with Crippen LogP contribution in [0.4, 0.5) is 0 Å². The maximum Gasteiger partial charge on any atom is 0.211 e. The fraction of sp³-hybridized carbons (Fsp3) is 0.250. The molecule has 1 aliphatic rings. The minimum absolute atomic E-state index is 0.523. The summed E-state index contributed by atoms with van der Waals surface area (Å²) in [6.07, 6.45) is 0. The number of fused-ring (bicyclic) bond motifs is 1. The SMILES string of the molecule is COc1cc(-c2nnc3n2NC(=NCc2ccc(Cl)cc2)CS3)cc(OC)c1OC. The molecule has 0 amide bonds. The zero-order chi connectivity index (χ0) is 21.1. The van der Waals surface area contributed by atoms with Crippen molar-refractivity contribution in [3.63, 3.8) is 0 Å². The van der Waals surface area contributed by atoms with Crippen LogP contribution in [-0.4, -0.2) is 47.8 Å². The predicted molar refractivity (Wildman–Crippen MR) is 118 cm³/mol. The summed E-state index contributed by atoms with van der Waals surface area (Å²) in [5.41, 5.74) is 5.17. The molecule has 10 heteroatoms. The lowest BCUT2D eigenvalue weighted by Gasteiger charge is -2.19. The van der Waals surface area contributed by atoms with Gasteiger partial charge in [0.15, 0.2) is 17.3 Å². The summed E-state index contributed by atoms with van der Waals surface area (Å²) >= 11 is 7.51. The van der Waals surface area contributed by atoms with Gasteiger partial charge in [-0.15, -0.1) is 10.2 Å². The highest BCUT2D eigenvalue weighted by Gasteiger charge is 2.23. The lowest BCUT2D eigenvalue weighted by Crippen LogP contribution is -2.30. The maximum atomic E-state index is 5.95. The Kier molecular flexibility index (Phi) is 6.01. The van der Waals surface area contributed by atoms with Crippen LogP contribution in [0.3, 0.4) is 0 Å². The highest BCUT2D eigenvalue weighted by atomic mass is 35.5. The van der Waals surface area contributed by atoms with Gasteiger partial charge in [-0.3, -0.25) is 10.4 Å². The first-order valence-corrected chi connectivity index (χ1v) is 10.4. The molecule has 0 aliphatic carbocycles. The van der Waals surface area contributed by atoms with Crippen LogP contribution in [0.25, 0.3) is 11.4 Å². The molecule has 2 aromatic carbocycles. The van der Waals surface area contributed by atoms with Crippen molar-refractivity contribution in [3.8, 4) is 28.6 Å². The lowest BCUT2D eigenvalue weighted by molar-refractivity contribution is 0.324. The molecule has 0 radical (unpaired) electrons. The average molecular weight is 446 g/mol. The van der Waals surface area contributed by atoms with Crippen molar-refractivity contribution in [2.75, 3.05) is 32.5 Å². The number of methoxy groups -OCH3 is 3. The molecule has 8 nitrogen and oxygen atoms in total. The molecule has 156 valence electrons. The number of ether oxygens (including phenoxy) is 3. The summed E-state index contributed by atoms with van der Waals surface area (Å²) in [4.78, 5) is 4.69. The number of nitrogens with zero attached hydrogens (tertiary/aromatic N) is 4. The number of benzene rings is 2. The molecule has 2 heterocycles. The molecule has 0 saturated heterocycles. The molecule has 30 heavy (non-hydrogen) atoms. The molecule has 0 unspecified atom stereocenters. The largest absolute Gasteiger partial charge is 0.493 e. The zero-order valence-electron chi connectivity index (χ0n) is 16.7. The minimum atomic E-state index is 0.523. The topological polar surface area (TPSA) is 82.8 Å². The number of halogens is 1. The standard InChI is InChI=1S/C20H20ClN5O3S/c1-27-15-8-13(9-16(28-2)18(15)29-3)19-23-24-20-26(19)25-17(11-30-20)22-10-12-4-6-14(21)7-5-12/h4-9H,10-11H2,1-3H3,(H,22,25). The third-order valence-corrected chi connectivity index (χ3v) is 5.69. The Balaban J connectivity index is 1.63. The van der Waals surface area contributed by atoms with Crippen molar-refractivity contribution >= 4 is 29.2 Å². The van der Waals surface area contributed by atoms with E-state index in [2.05, 4.69) is 20.6 Å². The van der Waals surface area contributed by atoms with Crippen LogP contribution < -0.4 is 19.6 Å². The Morgan fingerprint density at radius 3 is 2.40 bits per heavy atom. The number of aliphatic imine (C=N–C) groups is 1. The Morgan fingerprint density at radius 2 is 1.77 bits per heavy atom. The van der Waals surface area contributed by atoms with E-state index in [0.717, 1.165) is 22.1 Å². The first-order valence-electron chi connectivity index (χ1n) is 9.06. The number of thioether (sulfide) groups is 1. The van der Waals surface area contributed by atoms with Crippen LogP contribution in [0.5, 0.6) is 17.2 Å². The summed E-state index contributed by atoms with van der Waals surface area (Å²) in [7, 11) is 4.73. The number of hydrogen-bond donors (Lipinski definition) is 1. The van der Waals surface area contributed by atoms with Crippen molar-refractivity contribution in [1.29, 1.82) is 0 Å². The summed E-state index contributed by atoms with van der Waals surface area (Å²) in [6, 6.07) is 11.3. The number of rotatable bonds is 6. The Hall–Kier alpha value is -2.91. The van der Waals surface area contributed by atoms with Gasteiger partial charge < -0.3 is 14.2 Å². The van der Waals surface area contributed by atoms with Gasteiger partial charge >= 0.3 is 0 Å². The monoisotopic (exact) mass is 445 g/mol.